The van der Waals surface area contributed by atoms with Crippen LogP contribution in [-0.4, -0.2) is 16.7 Å². The summed E-state index contributed by atoms with van der Waals surface area (Å²) in [5.74, 6) is -1.35. The van der Waals surface area contributed by atoms with Crippen LogP contribution in [0.3, 0.4) is 0 Å². The van der Waals surface area contributed by atoms with Crippen molar-refractivity contribution in [2.45, 2.75) is 19.3 Å². The van der Waals surface area contributed by atoms with Gasteiger partial charge in [-0.05, 0) is 18.1 Å². The minimum Gasteiger partial charge on any atom is -0.273 e. The van der Waals surface area contributed by atoms with E-state index in [1.165, 1.54) is 18.2 Å². The molecule has 1 unspecified atom stereocenters. The zero-order valence-electron chi connectivity index (χ0n) is 13.1. The normalized spacial score (nSPS) is 11.4. The molecule has 2 aromatic carbocycles. The van der Waals surface area contributed by atoms with Gasteiger partial charge >= 0.3 is 0 Å². The van der Waals surface area contributed by atoms with Crippen molar-refractivity contribution in [1.29, 1.82) is 0 Å². The van der Waals surface area contributed by atoms with Crippen molar-refractivity contribution in [3.05, 3.63) is 75.8 Å². The summed E-state index contributed by atoms with van der Waals surface area (Å²) in [6, 6.07) is 14.5. The first-order valence-electron chi connectivity index (χ1n) is 7.42. The van der Waals surface area contributed by atoms with E-state index >= 15 is 0 Å². The largest absolute Gasteiger partial charge is 0.273 e. The van der Waals surface area contributed by atoms with Gasteiger partial charge in [-0.25, -0.2) is 0 Å². The van der Waals surface area contributed by atoms with Gasteiger partial charge < -0.3 is 0 Å². The highest BCUT2D eigenvalue weighted by molar-refractivity contribution is 5.96. The number of nitro benzene ring substituents is 1. The van der Waals surface area contributed by atoms with Gasteiger partial charge in [0.2, 0.25) is 5.91 Å². The Morgan fingerprint density at radius 3 is 2.42 bits per heavy atom. The van der Waals surface area contributed by atoms with Crippen LogP contribution in [-0.2, 0) is 4.79 Å². The van der Waals surface area contributed by atoms with E-state index in [1.54, 1.807) is 0 Å². The quantitative estimate of drug-likeness (QED) is 0.651. The Hall–Kier alpha value is -3.22. The van der Waals surface area contributed by atoms with Crippen LogP contribution in [0.4, 0.5) is 5.69 Å². The summed E-state index contributed by atoms with van der Waals surface area (Å²) in [4.78, 5) is 34.4. The average Bonchev–Trinajstić information content (AvgIpc) is 2.61. The first-order chi connectivity index (χ1) is 11.5. The van der Waals surface area contributed by atoms with Crippen LogP contribution >= 0.6 is 0 Å². The van der Waals surface area contributed by atoms with Gasteiger partial charge in [-0.2, -0.15) is 0 Å². The summed E-state index contributed by atoms with van der Waals surface area (Å²) in [7, 11) is 0. The molecule has 0 aromatic heterocycles. The lowest BCUT2D eigenvalue weighted by atomic mass is 9.96. The molecule has 0 bridgehead atoms. The average molecular weight is 327 g/mol. The molecular formula is C17H17N3O4. The Kier molecular flexibility index (Phi) is 5.62. The molecule has 124 valence electrons. The number of carbonyl (C=O) groups excluding carboxylic acids is 2. The predicted octanol–water partition coefficient (Wildman–Crippen LogP) is 2.55. The van der Waals surface area contributed by atoms with Crippen molar-refractivity contribution in [2.24, 2.45) is 0 Å². The Bertz CT molecular complexity index is 747. The van der Waals surface area contributed by atoms with E-state index in [0.717, 1.165) is 11.6 Å². The molecule has 0 spiro atoms. The van der Waals surface area contributed by atoms with E-state index in [-0.39, 0.29) is 17.2 Å². The zero-order valence-corrected chi connectivity index (χ0v) is 13.1. The van der Waals surface area contributed by atoms with Crippen molar-refractivity contribution in [1.82, 2.24) is 10.9 Å². The molecule has 0 saturated carbocycles. The van der Waals surface area contributed by atoms with Gasteiger partial charge in [0.05, 0.1) is 10.8 Å². The molecule has 0 fully saturated rings. The highest BCUT2D eigenvalue weighted by Crippen LogP contribution is 2.19. The van der Waals surface area contributed by atoms with E-state index in [4.69, 9.17) is 0 Å². The minimum absolute atomic E-state index is 0.0947. The summed E-state index contributed by atoms with van der Waals surface area (Å²) in [6.45, 7) is 1.87. The number of non-ortho nitro benzene ring substituents is 1. The molecule has 0 aliphatic rings. The van der Waals surface area contributed by atoms with Gasteiger partial charge in [0.15, 0.2) is 0 Å². The van der Waals surface area contributed by atoms with Gasteiger partial charge in [0, 0.05) is 17.7 Å². The van der Waals surface area contributed by atoms with Crippen LogP contribution in [0.5, 0.6) is 0 Å². The van der Waals surface area contributed by atoms with Gasteiger partial charge in [0.25, 0.3) is 11.6 Å². The fourth-order valence-corrected chi connectivity index (χ4v) is 2.30. The second-order valence-corrected chi connectivity index (χ2v) is 5.12. The molecule has 2 aromatic rings. The first-order valence-corrected chi connectivity index (χ1v) is 7.42. The van der Waals surface area contributed by atoms with Crippen LogP contribution < -0.4 is 10.9 Å². The minimum atomic E-state index is -0.616. The summed E-state index contributed by atoms with van der Waals surface area (Å²) in [5.41, 5.74) is 5.41. The molecule has 24 heavy (non-hydrogen) atoms. The molecule has 0 saturated heterocycles. The van der Waals surface area contributed by atoms with Crippen molar-refractivity contribution in [3.8, 4) is 0 Å². The maximum absolute atomic E-state index is 12.3. The third-order valence-corrected chi connectivity index (χ3v) is 3.55. The van der Waals surface area contributed by atoms with Crippen LogP contribution in [0.25, 0.3) is 0 Å². The lowest BCUT2D eigenvalue weighted by molar-refractivity contribution is -0.384. The van der Waals surface area contributed by atoms with Crippen LogP contribution in [0.2, 0.25) is 0 Å². The second-order valence-electron chi connectivity index (χ2n) is 5.12. The third-order valence-electron chi connectivity index (χ3n) is 3.55. The number of nitrogens with zero attached hydrogens (tertiary/aromatic N) is 1. The molecule has 2 rings (SSSR count). The Morgan fingerprint density at radius 1 is 1.08 bits per heavy atom. The number of benzene rings is 2. The third kappa shape index (κ3) is 4.16. The molecule has 0 aliphatic carbocycles. The van der Waals surface area contributed by atoms with Gasteiger partial charge in [-0.15, -0.1) is 0 Å². The van der Waals surface area contributed by atoms with E-state index in [1.807, 2.05) is 37.3 Å². The van der Waals surface area contributed by atoms with E-state index < -0.39 is 16.7 Å². The molecule has 2 N–H and O–H groups in total. The maximum Gasteiger partial charge on any atom is 0.270 e. The summed E-state index contributed by atoms with van der Waals surface area (Å²) < 4.78 is 0. The number of nitro groups is 1. The molecule has 1 atom stereocenters. The molecule has 0 heterocycles. The highest BCUT2D eigenvalue weighted by atomic mass is 16.6. The Balaban J connectivity index is 2.01. The Morgan fingerprint density at radius 2 is 1.79 bits per heavy atom. The lowest BCUT2D eigenvalue weighted by Gasteiger charge is -2.15. The van der Waals surface area contributed by atoms with Gasteiger partial charge in [0.1, 0.15) is 0 Å². The molecule has 0 radical (unpaired) electrons. The van der Waals surface area contributed by atoms with Crippen molar-refractivity contribution in [3.63, 3.8) is 0 Å². The molecule has 7 heteroatoms. The number of rotatable bonds is 5. The summed E-state index contributed by atoms with van der Waals surface area (Å²) >= 11 is 0. The molecule has 2 amide bonds. The zero-order chi connectivity index (χ0) is 17.5. The lowest BCUT2D eigenvalue weighted by Crippen LogP contribution is -2.43. The summed E-state index contributed by atoms with van der Waals surface area (Å²) in [6.07, 6.45) is 0.572. The van der Waals surface area contributed by atoms with E-state index in [9.17, 15) is 19.7 Å². The van der Waals surface area contributed by atoms with Crippen molar-refractivity contribution in [2.75, 3.05) is 0 Å². The number of hydrogen-bond acceptors (Lipinski definition) is 4. The standard InChI is InChI=1S/C17H17N3O4/c1-2-15(12-7-4-3-5-8-12)17(22)19-18-16(21)13-9-6-10-14(11-13)20(23)24/h3-11,15H,2H2,1H3,(H,18,21)(H,19,22). The molecule has 0 aliphatic heterocycles. The number of hydrogen-bond donors (Lipinski definition) is 2. The Labute approximate surface area is 138 Å². The van der Waals surface area contributed by atoms with Gasteiger partial charge in [-0.1, -0.05) is 43.3 Å². The molecule has 7 nitrogen and oxygen atoms in total. The fourth-order valence-electron chi connectivity index (χ4n) is 2.30. The van der Waals surface area contributed by atoms with Crippen molar-refractivity contribution >= 4 is 17.5 Å². The monoisotopic (exact) mass is 327 g/mol. The maximum atomic E-state index is 12.3. The molecular weight excluding hydrogens is 310 g/mol. The predicted molar refractivity (Wildman–Crippen MR) is 88.2 cm³/mol. The van der Waals surface area contributed by atoms with Crippen LogP contribution in [0.1, 0.15) is 35.2 Å². The number of nitrogens with one attached hydrogen (secondary N) is 2. The van der Waals surface area contributed by atoms with Gasteiger partial charge in [-0.3, -0.25) is 30.6 Å². The SMILES string of the molecule is CCC(C(=O)NNC(=O)c1cccc([N+](=O)[O-])c1)c1ccccc1. The number of carbonyl (C=O) groups is 2. The summed E-state index contributed by atoms with van der Waals surface area (Å²) in [5, 5.41) is 10.7. The first kappa shape index (κ1) is 17.1. The smallest absolute Gasteiger partial charge is 0.270 e. The fraction of sp³-hybridized carbons (Fsp3) is 0.176. The van der Waals surface area contributed by atoms with E-state index in [0.29, 0.717) is 6.42 Å². The second kappa shape index (κ2) is 7.87. The highest BCUT2D eigenvalue weighted by Gasteiger charge is 2.19. The number of hydrazine groups is 1. The van der Waals surface area contributed by atoms with Crippen molar-refractivity contribution < 1.29 is 14.5 Å². The number of amides is 2. The van der Waals surface area contributed by atoms with E-state index in [2.05, 4.69) is 10.9 Å². The topological polar surface area (TPSA) is 101 Å². The van der Waals surface area contributed by atoms with Crippen LogP contribution in [0.15, 0.2) is 54.6 Å². The van der Waals surface area contributed by atoms with Crippen LogP contribution in [0, 0.1) is 10.1 Å².